The van der Waals surface area contributed by atoms with Gasteiger partial charge >= 0.3 is 0 Å². The van der Waals surface area contributed by atoms with Crippen molar-refractivity contribution in [3.05, 3.63) is 0 Å². The molecule has 0 amide bonds. The van der Waals surface area contributed by atoms with E-state index in [1.807, 2.05) is 0 Å². The van der Waals surface area contributed by atoms with Crippen molar-refractivity contribution in [1.29, 1.82) is 0 Å². The van der Waals surface area contributed by atoms with Gasteiger partial charge in [0.2, 0.25) is 0 Å². The summed E-state index contributed by atoms with van der Waals surface area (Å²) in [7, 11) is 0. The van der Waals surface area contributed by atoms with Crippen LogP contribution >= 0.6 is 15.9 Å². The zero-order chi connectivity index (χ0) is 11.6. The molecule has 0 saturated carbocycles. The summed E-state index contributed by atoms with van der Waals surface area (Å²) in [6.07, 6.45) is 8.76. The minimum atomic E-state index is 0.411. The zero-order valence-corrected chi connectivity index (χ0v) is 12.2. The van der Waals surface area contributed by atoms with Crippen molar-refractivity contribution in [3.8, 4) is 0 Å². The Balaban J connectivity index is 1.95. The highest BCUT2D eigenvalue weighted by Gasteiger charge is 2.18. The van der Waals surface area contributed by atoms with Gasteiger partial charge in [0.15, 0.2) is 0 Å². The maximum Gasteiger partial charge on any atom is 0.0799 e. The third kappa shape index (κ3) is 6.21. The number of rotatable bonds is 8. The van der Waals surface area contributed by atoms with Gasteiger partial charge in [-0.05, 0) is 13.0 Å². The first-order chi connectivity index (χ1) is 7.86. The number of hydrogen-bond donors (Lipinski definition) is 0. The number of unbranched alkanes of at least 4 members (excludes halogenated alkanes) is 5. The first-order valence-electron chi connectivity index (χ1n) is 6.76. The fourth-order valence-corrected chi connectivity index (χ4v) is 2.58. The molecule has 2 nitrogen and oxygen atoms in total. The van der Waals surface area contributed by atoms with E-state index in [-0.39, 0.29) is 0 Å². The van der Waals surface area contributed by atoms with Gasteiger partial charge in [0.25, 0.3) is 0 Å². The lowest BCUT2D eigenvalue weighted by Gasteiger charge is -2.32. The Hall–Kier alpha value is 0.400. The van der Waals surface area contributed by atoms with Crippen LogP contribution in [0.3, 0.4) is 0 Å². The molecule has 0 N–H and O–H groups in total. The SMILES string of the molecule is CCCCCCCCN1CCOC(CBr)C1. The fraction of sp³-hybridized carbons (Fsp3) is 1.00. The Kier molecular flexibility index (Phi) is 8.52. The molecule has 1 aliphatic rings. The molecule has 0 aromatic rings. The second kappa shape index (κ2) is 9.43. The third-order valence-electron chi connectivity index (χ3n) is 3.22. The van der Waals surface area contributed by atoms with Gasteiger partial charge in [-0.1, -0.05) is 55.0 Å². The Bertz CT molecular complexity index is 166. The summed E-state index contributed by atoms with van der Waals surface area (Å²) in [5, 5.41) is 0.972. The second-order valence-electron chi connectivity index (χ2n) is 4.72. The van der Waals surface area contributed by atoms with E-state index >= 15 is 0 Å². The van der Waals surface area contributed by atoms with E-state index in [0.717, 1.165) is 25.0 Å². The van der Waals surface area contributed by atoms with Crippen LogP contribution in [0.25, 0.3) is 0 Å². The fourth-order valence-electron chi connectivity index (χ4n) is 2.19. The molecule has 16 heavy (non-hydrogen) atoms. The van der Waals surface area contributed by atoms with E-state index in [1.54, 1.807) is 0 Å². The van der Waals surface area contributed by atoms with Crippen molar-refractivity contribution in [3.63, 3.8) is 0 Å². The van der Waals surface area contributed by atoms with Crippen LogP contribution < -0.4 is 0 Å². The second-order valence-corrected chi connectivity index (χ2v) is 5.36. The monoisotopic (exact) mass is 291 g/mol. The maximum atomic E-state index is 5.63. The molecule has 3 heteroatoms. The summed E-state index contributed by atoms with van der Waals surface area (Å²) >= 11 is 3.50. The van der Waals surface area contributed by atoms with E-state index < -0.39 is 0 Å². The Morgan fingerprint density at radius 2 is 1.94 bits per heavy atom. The quantitative estimate of drug-likeness (QED) is 0.502. The first kappa shape index (κ1) is 14.5. The minimum Gasteiger partial charge on any atom is -0.375 e. The highest BCUT2D eigenvalue weighted by molar-refractivity contribution is 9.09. The number of alkyl halides is 1. The van der Waals surface area contributed by atoms with Crippen molar-refractivity contribution >= 4 is 15.9 Å². The molecule has 1 aliphatic heterocycles. The van der Waals surface area contributed by atoms with E-state index in [0.29, 0.717) is 6.10 Å². The highest BCUT2D eigenvalue weighted by atomic mass is 79.9. The van der Waals surface area contributed by atoms with Crippen molar-refractivity contribution in [2.24, 2.45) is 0 Å². The minimum absolute atomic E-state index is 0.411. The molecule has 1 saturated heterocycles. The first-order valence-corrected chi connectivity index (χ1v) is 7.89. The maximum absolute atomic E-state index is 5.63. The normalized spacial score (nSPS) is 22.5. The van der Waals surface area contributed by atoms with Crippen LogP contribution in [0.2, 0.25) is 0 Å². The molecule has 0 aromatic heterocycles. The van der Waals surface area contributed by atoms with E-state index in [1.165, 1.54) is 45.1 Å². The van der Waals surface area contributed by atoms with Crippen molar-refractivity contribution in [2.45, 2.75) is 51.6 Å². The Labute approximate surface area is 109 Å². The molecule has 0 bridgehead atoms. The topological polar surface area (TPSA) is 12.5 Å². The molecule has 96 valence electrons. The average molecular weight is 292 g/mol. The number of halogens is 1. The van der Waals surface area contributed by atoms with Gasteiger partial charge in [0, 0.05) is 18.4 Å². The smallest absolute Gasteiger partial charge is 0.0799 e. The summed E-state index contributed by atoms with van der Waals surface area (Å²) in [5.74, 6) is 0. The molecule has 1 fully saturated rings. The molecule has 1 rings (SSSR count). The largest absolute Gasteiger partial charge is 0.375 e. The predicted molar refractivity (Wildman–Crippen MR) is 73.4 cm³/mol. The van der Waals surface area contributed by atoms with E-state index in [2.05, 4.69) is 27.8 Å². The summed E-state index contributed by atoms with van der Waals surface area (Å²) in [6.45, 7) is 6.68. The third-order valence-corrected chi connectivity index (χ3v) is 3.95. The standard InChI is InChI=1S/C13H26BrNO/c1-2-3-4-5-6-7-8-15-9-10-16-13(11-14)12-15/h13H,2-12H2,1H3. The van der Waals surface area contributed by atoms with Crippen LogP contribution in [0, 0.1) is 0 Å². The van der Waals surface area contributed by atoms with Crippen LogP contribution in [-0.2, 0) is 4.74 Å². The Morgan fingerprint density at radius 3 is 2.69 bits per heavy atom. The number of hydrogen-bond acceptors (Lipinski definition) is 2. The van der Waals surface area contributed by atoms with Gasteiger partial charge in [-0.25, -0.2) is 0 Å². The average Bonchev–Trinajstić information content (AvgIpc) is 2.34. The van der Waals surface area contributed by atoms with Gasteiger partial charge in [-0.15, -0.1) is 0 Å². The lowest BCUT2D eigenvalue weighted by atomic mass is 10.1. The highest BCUT2D eigenvalue weighted by Crippen LogP contribution is 2.10. The number of ether oxygens (including phenoxy) is 1. The van der Waals surface area contributed by atoms with Gasteiger partial charge in [0.05, 0.1) is 12.7 Å². The van der Waals surface area contributed by atoms with Crippen molar-refractivity contribution < 1.29 is 4.74 Å². The molecular formula is C13H26BrNO. The number of morpholine rings is 1. The zero-order valence-electron chi connectivity index (χ0n) is 10.6. The van der Waals surface area contributed by atoms with E-state index in [9.17, 15) is 0 Å². The summed E-state index contributed by atoms with van der Waals surface area (Å²) in [6, 6.07) is 0. The lowest BCUT2D eigenvalue weighted by Crippen LogP contribution is -2.43. The summed E-state index contributed by atoms with van der Waals surface area (Å²) < 4.78 is 5.63. The van der Waals surface area contributed by atoms with Crippen molar-refractivity contribution in [2.75, 3.05) is 31.6 Å². The predicted octanol–water partition coefficient (Wildman–Crippen LogP) is 3.44. The lowest BCUT2D eigenvalue weighted by molar-refractivity contribution is -0.0155. The van der Waals surface area contributed by atoms with Crippen LogP contribution in [0.1, 0.15) is 45.4 Å². The Morgan fingerprint density at radius 1 is 1.19 bits per heavy atom. The molecule has 1 heterocycles. The van der Waals surface area contributed by atoms with Crippen LogP contribution in [-0.4, -0.2) is 42.6 Å². The van der Waals surface area contributed by atoms with E-state index in [4.69, 9.17) is 4.74 Å². The van der Waals surface area contributed by atoms with Gasteiger partial charge in [0.1, 0.15) is 0 Å². The number of nitrogens with zero attached hydrogens (tertiary/aromatic N) is 1. The summed E-state index contributed by atoms with van der Waals surface area (Å²) in [5.41, 5.74) is 0. The van der Waals surface area contributed by atoms with Gasteiger partial charge in [-0.2, -0.15) is 0 Å². The van der Waals surface area contributed by atoms with Crippen LogP contribution in [0.15, 0.2) is 0 Å². The van der Waals surface area contributed by atoms with Gasteiger partial charge < -0.3 is 4.74 Å². The van der Waals surface area contributed by atoms with Crippen LogP contribution in [0.5, 0.6) is 0 Å². The van der Waals surface area contributed by atoms with Gasteiger partial charge in [-0.3, -0.25) is 4.90 Å². The molecule has 0 spiro atoms. The molecule has 0 aliphatic carbocycles. The molecule has 0 radical (unpaired) electrons. The molecule has 1 atom stereocenters. The van der Waals surface area contributed by atoms with Crippen LogP contribution in [0.4, 0.5) is 0 Å². The molecule has 1 unspecified atom stereocenters. The van der Waals surface area contributed by atoms with Crippen molar-refractivity contribution in [1.82, 2.24) is 4.90 Å². The molecular weight excluding hydrogens is 266 g/mol. The molecule has 0 aromatic carbocycles. The summed E-state index contributed by atoms with van der Waals surface area (Å²) in [4.78, 5) is 2.55.